The number of ether oxygens (including phenoxy) is 2. The first kappa shape index (κ1) is 20.3. The van der Waals surface area contributed by atoms with Crippen LogP contribution in [0.3, 0.4) is 0 Å². The van der Waals surface area contributed by atoms with Gasteiger partial charge in [0.05, 0.1) is 25.1 Å². The number of aryl methyl sites for hydroxylation is 1. The fourth-order valence-electron chi connectivity index (χ4n) is 3.33. The minimum atomic E-state index is -0.00333. The zero-order chi connectivity index (χ0) is 18.9. The number of methoxy groups -OCH3 is 2. The van der Waals surface area contributed by atoms with Crippen LogP contribution >= 0.6 is 0 Å². The van der Waals surface area contributed by atoms with E-state index in [1.165, 1.54) is 38.5 Å². The summed E-state index contributed by atoms with van der Waals surface area (Å²) in [4.78, 5) is 17.5. The van der Waals surface area contributed by atoms with Crippen molar-refractivity contribution in [3.63, 3.8) is 0 Å². The van der Waals surface area contributed by atoms with Crippen LogP contribution in [0.5, 0.6) is 11.5 Å². The zero-order valence-electron chi connectivity index (χ0n) is 16.6. The Morgan fingerprint density at radius 1 is 0.923 bits per heavy atom. The summed E-state index contributed by atoms with van der Waals surface area (Å²) in [6, 6.07) is 3.50. The minimum Gasteiger partial charge on any atom is -0.493 e. The maximum absolute atomic E-state index is 12.9. The third-order valence-electron chi connectivity index (χ3n) is 4.89. The fraction of sp³-hybridized carbons (Fsp3) is 0.619. The summed E-state index contributed by atoms with van der Waals surface area (Å²) in [5.41, 5.74) is 0.647. The van der Waals surface area contributed by atoms with Crippen molar-refractivity contribution in [1.29, 1.82) is 0 Å². The van der Waals surface area contributed by atoms with E-state index in [1.54, 1.807) is 30.9 Å². The third kappa shape index (κ3) is 4.99. The Bertz CT molecular complexity index is 768. The summed E-state index contributed by atoms with van der Waals surface area (Å²) < 4.78 is 12.4. The van der Waals surface area contributed by atoms with E-state index >= 15 is 0 Å². The largest absolute Gasteiger partial charge is 0.493 e. The minimum absolute atomic E-state index is 0.00333. The molecule has 0 saturated carbocycles. The molecule has 1 aromatic heterocycles. The van der Waals surface area contributed by atoms with Gasteiger partial charge in [-0.2, -0.15) is 0 Å². The Balaban J connectivity index is 2.05. The van der Waals surface area contributed by atoms with Crippen molar-refractivity contribution in [2.24, 2.45) is 0 Å². The van der Waals surface area contributed by atoms with Gasteiger partial charge in [-0.3, -0.25) is 9.36 Å². The first-order valence-electron chi connectivity index (χ1n) is 9.75. The van der Waals surface area contributed by atoms with Crippen molar-refractivity contribution in [2.45, 2.75) is 71.8 Å². The molecule has 0 aliphatic rings. The average molecular weight is 360 g/mol. The van der Waals surface area contributed by atoms with E-state index in [2.05, 4.69) is 11.9 Å². The summed E-state index contributed by atoms with van der Waals surface area (Å²) in [5, 5.41) is 0.577. The summed E-state index contributed by atoms with van der Waals surface area (Å²) in [6.07, 6.45) is 9.99. The lowest BCUT2D eigenvalue weighted by Crippen LogP contribution is -2.24. The van der Waals surface area contributed by atoms with Gasteiger partial charge in [-0.15, -0.1) is 0 Å². The number of unbranched alkanes of at least 4 members (excludes halogenated alkanes) is 7. The molecule has 0 saturated heterocycles. The molecule has 26 heavy (non-hydrogen) atoms. The third-order valence-corrected chi connectivity index (χ3v) is 4.89. The van der Waals surface area contributed by atoms with E-state index in [-0.39, 0.29) is 5.56 Å². The average Bonchev–Trinajstić information content (AvgIpc) is 2.65. The van der Waals surface area contributed by atoms with Crippen LogP contribution in [-0.4, -0.2) is 23.8 Å². The van der Waals surface area contributed by atoms with Gasteiger partial charge in [0.15, 0.2) is 11.5 Å². The molecule has 1 aromatic carbocycles. The second kappa shape index (κ2) is 10.2. The van der Waals surface area contributed by atoms with E-state index < -0.39 is 0 Å². The lowest BCUT2D eigenvalue weighted by Gasteiger charge is -2.13. The highest BCUT2D eigenvalue weighted by Gasteiger charge is 2.13. The van der Waals surface area contributed by atoms with Crippen molar-refractivity contribution < 1.29 is 9.47 Å². The molecule has 1 heterocycles. The SMILES string of the molecule is CCCCCCCCCCn1c(C)nc2cc(OC)c(OC)cc2c1=O. The topological polar surface area (TPSA) is 53.4 Å². The highest BCUT2D eigenvalue weighted by molar-refractivity contribution is 5.82. The molecule has 0 unspecified atom stereocenters. The Morgan fingerprint density at radius 3 is 2.12 bits per heavy atom. The molecule has 2 rings (SSSR count). The molecule has 0 radical (unpaired) electrons. The van der Waals surface area contributed by atoms with Crippen LogP contribution in [0.15, 0.2) is 16.9 Å². The number of hydrogen-bond donors (Lipinski definition) is 0. The highest BCUT2D eigenvalue weighted by atomic mass is 16.5. The van der Waals surface area contributed by atoms with Crippen molar-refractivity contribution >= 4 is 10.9 Å². The number of benzene rings is 1. The van der Waals surface area contributed by atoms with Crippen LogP contribution in [0.2, 0.25) is 0 Å². The summed E-state index contributed by atoms with van der Waals surface area (Å²) in [7, 11) is 3.16. The molecule has 0 amide bonds. The molecule has 0 aliphatic carbocycles. The molecule has 0 bridgehead atoms. The second-order valence-corrected chi connectivity index (χ2v) is 6.82. The molecule has 0 N–H and O–H groups in total. The highest BCUT2D eigenvalue weighted by Crippen LogP contribution is 2.30. The molecule has 5 nitrogen and oxygen atoms in total. The van der Waals surface area contributed by atoms with Gasteiger partial charge in [0.1, 0.15) is 5.82 Å². The van der Waals surface area contributed by atoms with E-state index in [4.69, 9.17) is 9.47 Å². The number of aromatic nitrogens is 2. The lowest BCUT2D eigenvalue weighted by atomic mass is 10.1. The predicted octanol–water partition coefficient (Wildman–Crippen LogP) is 4.86. The number of rotatable bonds is 11. The van der Waals surface area contributed by atoms with Crippen LogP contribution in [-0.2, 0) is 6.54 Å². The van der Waals surface area contributed by atoms with Gasteiger partial charge in [-0.05, 0) is 19.4 Å². The van der Waals surface area contributed by atoms with Crippen LogP contribution in [0, 0.1) is 6.92 Å². The van der Waals surface area contributed by atoms with Gasteiger partial charge >= 0.3 is 0 Å². The molecule has 144 valence electrons. The predicted molar refractivity (Wildman–Crippen MR) is 106 cm³/mol. The molecule has 0 spiro atoms. The molecule has 5 heteroatoms. The molecular weight excluding hydrogens is 328 g/mol. The van der Waals surface area contributed by atoms with Gasteiger partial charge in [-0.1, -0.05) is 51.9 Å². The quantitative estimate of drug-likeness (QED) is 0.537. The Hall–Kier alpha value is -2.04. The molecule has 0 atom stereocenters. The van der Waals surface area contributed by atoms with Crippen LogP contribution in [0.4, 0.5) is 0 Å². The molecular formula is C21H32N2O3. The summed E-state index contributed by atoms with van der Waals surface area (Å²) in [6.45, 7) is 4.85. The van der Waals surface area contributed by atoms with E-state index in [9.17, 15) is 4.79 Å². The summed E-state index contributed by atoms with van der Waals surface area (Å²) >= 11 is 0. The zero-order valence-corrected chi connectivity index (χ0v) is 16.6. The van der Waals surface area contributed by atoms with Gasteiger partial charge in [-0.25, -0.2) is 4.98 Å². The van der Waals surface area contributed by atoms with Gasteiger partial charge in [0, 0.05) is 12.6 Å². The van der Waals surface area contributed by atoms with Gasteiger partial charge in [0.25, 0.3) is 5.56 Å². The van der Waals surface area contributed by atoms with Gasteiger partial charge < -0.3 is 9.47 Å². The number of hydrogen-bond acceptors (Lipinski definition) is 4. The maximum atomic E-state index is 12.9. The van der Waals surface area contributed by atoms with Crippen molar-refractivity contribution in [2.75, 3.05) is 14.2 Å². The van der Waals surface area contributed by atoms with Crippen molar-refractivity contribution in [1.82, 2.24) is 9.55 Å². The van der Waals surface area contributed by atoms with Crippen LogP contribution in [0.1, 0.15) is 64.1 Å². The smallest absolute Gasteiger partial charge is 0.261 e. The first-order chi connectivity index (χ1) is 12.6. The Morgan fingerprint density at radius 2 is 1.50 bits per heavy atom. The normalized spacial score (nSPS) is 11.1. The second-order valence-electron chi connectivity index (χ2n) is 6.82. The van der Waals surface area contributed by atoms with E-state index in [1.807, 2.05) is 6.92 Å². The van der Waals surface area contributed by atoms with E-state index in [0.29, 0.717) is 22.4 Å². The number of nitrogens with zero attached hydrogens (tertiary/aromatic N) is 2. The Kier molecular flexibility index (Phi) is 7.95. The molecule has 0 fully saturated rings. The molecule has 0 aliphatic heterocycles. The molecule has 2 aromatic rings. The van der Waals surface area contributed by atoms with Crippen LogP contribution < -0.4 is 15.0 Å². The number of fused-ring (bicyclic) bond motifs is 1. The van der Waals surface area contributed by atoms with Crippen LogP contribution in [0.25, 0.3) is 10.9 Å². The van der Waals surface area contributed by atoms with Crippen molar-refractivity contribution in [3.05, 3.63) is 28.3 Å². The lowest BCUT2D eigenvalue weighted by molar-refractivity contribution is 0.355. The Labute approximate surface area is 156 Å². The summed E-state index contributed by atoms with van der Waals surface area (Å²) in [5.74, 6) is 1.89. The van der Waals surface area contributed by atoms with Crippen molar-refractivity contribution in [3.8, 4) is 11.5 Å². The first-order valence-corrected chi connectivity index (χ1v) is 9.75. The van der Waals surface area contributed by atoms with E-state index in [0.717, 1.165) is 25.2 Å². The monoisotopic (exact) mass is 360 g/mol. The van der Waals surface area contributed by atoms with Gasteiger partial charge in [0.2, 0.25) is 0 Å². The standard InChI is InChI=1S/C21H32N2O3/c1-5-6-7-8-9-10-11-12-13-23-16(2)22-18-15-20(26-4)19(25-3)14-17(18)21(23)24/h14-15H,5-13H2,1-4H3. The maximum Gasteiger partial charge on any atom is 0.261 e. The fourth-order valence-corrected chi connectivity index (χ4v) is 3.33.